The Morgan fingerprint density at radius 2 is 1.96 bits per heavy atom. The first-order chi connectivity index (χ1) is 10.8. The molecule has 0 fully saturated rings. The summed E-state index contributed by atoms with van der Waals surface area (Å²) in [5.41, 5.74) is 0.408. The summed E-state index contributed by atoms with van der Waals surface area (Å²) in [5, 5.41) is 15.5. The zero-order chi connectivity index (χ0) is 17.0. The van der Waals surface area contributed by atoms with Crippen LogP contribution in [0.25, 0.3) is 0 Å². The molecule has 0 bridgehead atoms. The van der Waals surface area contributed by atoms with E-state index in [9.17, 15) is 14.7 Å². The van der Waals surface area contributed by atoms with Crippen LogP contribution in [0.2, 0.25) is 0 Å². The lowest BCUT2D eigenvalue weighted by Crippen LogP contribution is -2.47. The van der Waals surface area contributed by atoms with Gasteiger partial charge in [-0.1, -0.05) is 30.3 Å². The highest BCUT2D eigenvalue weighted by Crippen LogP contribution is 2.30. The molecular formula is C17H22N2O4. The number of rotatable bonds is 5. The fourth-order valence-corrected chi connectivity index (χ4v) is 2.54. The van der Waals surface area contributed by atoms with Gasteiger partial charge in [-0.25, -0.2) is 9.59 Å². The second kappa shape index (κ2) is 6.83. The van der Waals surface area contributed by atoms with Crippen molar-refractivity contribution < 1.29 is 19.4 Å². The molecule has 0 aromatic heterocycles. The van der Waals surface area contributed by atoms with Crippen LogP contribution in [0.4, 0.5) is 4.79 Å². The molecule has 3 N–H and O–H groups in total. The van der Waals surface area contributed by atoms with Gasteiger partial charge in [-0.05, 0) is 26.3 Å². The van der Waals surface area contributed by atoms with E-state index in [4.69, 9.17) is 4.74 Å². The Bertz CT molecular complexity index is 617. The third kappa shape index (κ3) is 4.32. The largest absolute Gasteiger partial charge is 0.463 e. The summed E-state index contributed by atoms with van der Waals surface area (Å²) in [7, 11) is 0. The number of urea groups is 1. The van der Waals surface area contributed by atoms with Crippen molar-refractivity contribution in [3.05, 3.63) is 47.2 Å². The van der Waals surface area contributed by atoms with E-state index in [0.29, 0.717) is 11.3 Å². The minimum Gasteiger partial charge on any atom is -0.463 e. The van der Waals surface area contributed by atoms with Crippen molar-refractivity contribution in [2.75, 3.05) is 6.61 Å². The van der Waals surface area contributed by atoms with Crippen LogP contribution in [0.15, 0.2) is 41.6 Å². The average molecular weight is 318 g/mol. The summed E-state index contributed by atoms with van der Waals surface area (Å²) in [6, 6.07) is 8.17. The van der Waals surface area contributed by atoms with Crippen molar-refractivity contribution >= 4 is 12.0 Å². The van der Waals surface area contributed by atoms with E-state index in [2.05, 4.69) is 10.6 Å². The van der Waals surface area contributed by atoms with E-state index in [1.54, 1.807) is 20.8 Å². The molecule has 1 aromatic carbocycles. The van der Waals surface area contributed by atoms with Gasteiger partial charge >= 0.3 is 12.0 Å². The number of benzene rings is 1. The Hall–Kier alpha value is -2.34. The van der Waals surface area contributed by atoms with Gasteiger partial charge in [-0.3, -0.25) is 0 Å². The predicted octanol–water partition coefficient (Wildman–Crippen LogP) is 2.02. The molecule has 1 atom stereocenters. The third-order valence-electron chi connectivity index (χ3n) is 3.39. The zero-order valence-corrected chi connectivity index (χ0v) is 13.6. The summed E-state index contributed by atoms with van der Waals surface area (Å²) < 4.78 is 5.14. The van der Waals surface area contributed by atoms with Crippen molar-refractivity contribution in [3.63, 3.8) is 0 Å². The van der Waals surface area contributed by atoms with Crippen molar-refractivity contribution in [1.82, 2.24) is 10.6 Å². The fraction of sp³-hybridized carbons (Fsp3) is 0.412. The van der Waals surface area contributed by atoms with E-state index >= 15 is 0 Å². The molecule has 6 heteroatoms. The number of ether oxygens (including phenoxy) is 1. The van der Waals surface area contributed by atoms with Crippen molar-refractivity contribution in [1.29, 1.82) is 0 Å². The fourth-order valence-electron chi connectivity index (χ4n) is 2.54. The van der Waals surface area contributed by atoms with Crippen LogP contribution in [0.1, 0.15) is 38.8 Å². The molecule has 0 spiro atoms. The zero-order valence-electron chi connectivity index (χ0n) is 13.6. The first kappa shape index (κ1) is 17.0. The van der Waals surface area contributed by atoms with Crippen LogP contribution >= 0.6 is 0 Å². The molecule has 2 rings (SSSR count). The van der Waals surface area contributed by atoms with Crippen LogP contribution in [-0.2, 0) is 9.53 Å². The highest BCUT2D eigenvalue weighted by molar-refractivity contribution is 5.95. The Kier molecular flexibility index (Phi) is 5.05. The van der Waals surface area contributed by atoms with E-state index < -0.39 is 23.6 Å². The maximum atomic E-state index is 12.4. The van der Waals surface area contributed by atoms with Crippen LogP contribution in [0.5, 0.6) is 0 Å². The SMILES string of the molecule is CCOC(=O)C1=C(CC(C)(C)O)NC(=O)NC1c1ccccc1. The van der Waals surface area contributed by atoms with Crippen molar-refractivity contribution in [2.24, 2.45) is 0 Å². The first-order valence-electron chi connectivity index (χ1n) is 7.57. The third-order valence-corrected chi connectivity index (χ3v) is 3.39. The molecule has 2 amide bonds. The van der Waals surface area contributed by atoms with Crippen molar-refractivity contribution in [3.8, 4) is 0 Å². The molecule has 0 saturated heterocycles. The molecule has 124 valence electrons. The molecule has 1 aliphatic heterocycles. The van der Waals surface area contributed by atoms with Gasteiger partial charge in [-0.15, -0.1) is 0 Å². The molecule has 0 saturated carbocycles. The van der Waals surface area contributed by atoms with Crippen LogP contribution in [-0.4, -0.2) is 29.3 Å². The van der Waals surface area contributed by atoms with E-state index in [0.717, 1.165) is 5.56 Å². The highest BCUT2D eigenvalue weighted by Gasteiger charge is 2.35. The smallest absolute Gasteiger partial charge is 0.338 e. The summed E-state index contributed by atoms with van der Waals surface area (Å²) in [4.78, 5) is 24.4. The lowest BCUT2D eigenvalue weighted by Gasteiger charge is -2.31. The monoisotopic (exact) mass is 318 g/mol. The van der Waals surface area contributed by atoms with Gasteiger partial charge in [0, 0.05) is 12.1 Å². The van der Waals surface area contributed by atoms with Crippen molar-refractivity contribution in [2.45, 2.75) is 38.8 Å². The van der Waals surface area contributed by atoms with Gasteiger partial charge < -0.3 is 20.5 Å². The number of hydrogen-bond donors (Lipinski definition) is 3. The standard InChI is InChI=1S/C17H22N2O4/c1-4-23-15(20)13-12(10-17(2,3)22)18-16(21)19-14(13)11-8-6-5-7-9-11/h5-9,14,22H,4,10H2,1-3H3,(H2,18,19,21). The van der Waals surface area contributed by atoms with Crippen LogP contribution < -0.4 is 10.6 Å². The summed E-state index contributed by atoms with van der Waals surface area (Å²) in [5.74, 6) is -0.506. The molecule has 1 unspecified atom stereocenters. The van der Waals surface area contributed by atoms with Gasteiger partial charge in [0.05, 0.1) is 23.8 Å². The predicted molar refractivity (Wildman–Crippen MR) is 85.4 cm³/mol. The molecule has 1 aromatic rings. The summed E-state index contributed by atoms with van der Waals surface area (Å²) in [6.07, 6.45) is 0.137. The van der Waals surface area contributed by atoms with E-state index in [-0.39, 0.29) is 13.0 Å². The molecule has 1 heterocycles. The summed E-state index contributed by atoms with van der Waals surface area (Å²) >= 11 is 0. The number of carbonyl (C=O) groups excluding carboxylic acids is 2. The molecule has 23 heavy (non-hydrogen) atoms. The van der Waals surface area contributed by atoms with E-state index in [1.165, 1.54) is 0 Å². The summed E-state index contributed by atoms with van der Waals surface area (Å²) in [6.45, 7) is 5.19. The number of hydrogen-bond acceptors (Lipinski definition) is 4. The second-order valence-electron chi connectivity index (χ2n) is 6.04. The lowest BCUT2D eigenvalue weighted by molar-refractivity contribution is -0.139. The molecule has 0 aliphatic carbocycles. The number of nitrogens with one attached hydrogen (secondary N) is 2. The maximum absolute atomic E-state index is 12.4. The first-order valence-corrected chi connectivity index (χ1v) is 7.57. The second-order valence-corrected chi connectivity index (χ2v) is 6.04. The van der Waals surface area contributed by atoms with Gasteiger partial charge in [0.2, 0.25) is 0 Å². The normalized spacial score (nSPS) is 18.3. The Labute approximate surface area is 135 Å². The number of carbonyl (C=O) groups is 2. The van der Waals surface area contributed by atoms with E-state index in [1.807, 2.05) is 30.3 Å². The molecular weight excluding hydrogens is 296 g/mol. The quantitative estimate of drug-likeness (QED) is 0.725. The number of aliphatic hydroxyl groups is 1. The number of esters is 1. The van der Waals surface area contributed by atoms with Crippen LogP contribution in [0.3, 0.4) is 0 Å². The van der Waals surface area contributed by atoms with Gasteiger partial charge in [0.25, 0.3) is 0 Å². The minimum absolute atomic E-state index is 0.137. The number of amides is 2. The Morgan fingerprint density at radius 1 is 1.30 bits per heavy atom. The van der Waals surface area contributed by atoms with Gasteiger partial charge in [0.15, 0.2) is 0 Å². The average Bonchev–Trinajstić information content (AvgIpc) is 2.46. The highest BCUT2D eigenvalue weighted by atomic mass is 16.5. The minimum atomic E-state index is -1.07. The Morgan fingerprint density at radius 3 is 2.52 bits per heavy atom. The molecule has 6 nitrogen and oxygen atoms in total. The molecule has 1 aliphatic rings. The van der Waals surface area contributed by atoms with Gasteiger partial charge in [0.1, 0.15) is 0 Å². The molecule has 0 radical (unpaired) electrons. The van der Waals surface area contributed by atoms with Crippen LogP contribution in [0, 0.1) is 0 Å². The lowest BCUT2D eigenvalue weighted by atomic mass is 9.91. The Balaban J connectivity index is 2.51. The maximum Gasteiger partial charge on any atom is 0.338 e. The van der Waals surface area contributed by atoms with Gasteiger partial charge in [-0.2, -0.15) is 0 Å². The topological polar surface area (TPSA) is 87.7 Å².